The summed E-state index contributed by atoms with van der Waals surface area (Å²) in [5, 5.41) is 9.36. The number of hydrogen-bond acceptors (Lipinski definition) is 3. The van der Waals surface area contributed by atoms with Crippen molar-refractivity contribution in [1.29, 1.82) is 0 Å². The molecule has 3 heteroatoms. The minimum atomic E-state index is -0.668. The van der Waals surface area contributed by atoms with E-state index in [0.717, 1.165) is 11.1 Å². The number of aliphatic hydroxyl groups is 1. The number of aliphatic hydroxyl groups excluding tert-OH is 1. The highest BCUT2D eigenvalue weighted by Crippen LogP contribution is 2.48. The van der Waals surface area contributed by atoms with E-state index in [2.05, 4.69) is 0 Å². The average Bonchev–Trinajstić information content (AvgIpc) is 2.69. The Hall–Kier alpha value is -1.19. The van der Waals surface area contributed by atoms with Crippen molar-refractivity contribution < 1.29 is 14.6 Å². The Morgan fingerprint density at radius 3 is 3.07 bits per heavy atom. The normalized spacial score (nSPS) is 32.9. The molecule has 0 amide bonds. The van der Waals surface area contributed by atoms with Gasteiger partial charge in [-0.1, -0.05) is 24.3 Å². The summed E-state index contributed by atoms with van der Waals surface area (Å²) in [7, 11) is 0. The molecule has 0 radical (unpaired) electrons. The first-order chi connectivity index (χ1) is 7.27. The third-order valence-corrected chi connectivity index (χ3v) is 3.47. The van der Waals surface area contributed by atoms with Gasteiger partial charge in [-0.2, -0.15) is 0 Å². The van der Waals surface area contributed by atoms with Crippen molar-refractivity contribution in [3.05, 3.63) is 35.4 Å². The zero-order valence-corrected chi connectivity index (χ0v) is 8.27. The average molecular weight is 204 g/mol. The van der Waals surface area contributed by atoms with Crippen LogP contribution in [-0.4, -0.2) is 24.1 Å². The van der Waals surface area contributed by atoms with Crippen molar-refractivity contribution in [3.8, 4) is 0 Å². The summed E-state index contributed by atoms with van der Waals surface area (Å²) in [5.74, 6) is 0.0364. The van der Waals surface area contributed by atoms with Crippen LogP contribution >= 0.6 is 0 Å². The number of Topliss-reactive ketones (excluding diaryl/α,β-unsaturated/α-hetero) is 1. The second-order valence-electron chi connectivity index (χ2n) is 4.36. The first kappa shape index (κ1) is 9.07. The van der Waals surface area contributed by atoms with Crippen LogP contribution in [0, 0.1) is 5.41 Å². The van der Waals surface area contributed by atoms with Gasteiger partial charge in [0.15, 0.2) is 5.78 Å². The van der Waals surface area contributed by atoms with E-state index in [1.54, 1.807) is 0 Å². The molecule has 78 valence electrons. The standard InChI is InChI=1S/C12H12O3/c13-6-12-5-10(15-7-12)8-3-1-2-4-9(8)11(12)14/h1-4,10,13H,5-7H2/t10-,12+/m1/s1. The summed E-state index contributed by atoms with van der Waals surface area (Å²) < 4.78 is 5.59. The van der Waals surface area contributed by atoms with Crippen LogP contribution in [0.15, 0.2) is 24.3 Å². The Kier molecular flexibility index (Phi) is 1.75. The van der Waals surface area contributed by atoms with Gasteiger partial charge in [0.25, 0.3) is 0 Å². The maximum atomic E-state index is 12.2. The molecule has 1 heterocycles. The summed E-state index contributed by atoms with van der Waals surface area (Å²) in [6, 6.07) is 7.53. The van der Waals surface area contributed by atoms with Gasteiger partial charge >= 0.3 is 0 Å². The first-order valence-corrected chi connectivity index (χ1v) is 5.13. The monoisotopic (exact) mass is 204 g/mol. The fourth-order valence-electron chi connectivity index (χ4n) is 2.54. The molecule has 1 aliphatic heterocycles. The molecule has 2 aliphatic rings. The van der Waals surface area contributed by atoms with Crippen molar-refractivity contribution in [2.24, 2.45) is 5.41 Å². The van der Waals surface area contributed by atoms with Crippen molar-refractivity contribution in [2.45, 2.75) is 12.5 Å². The van der Waals surface area contributed by atoms with Gasteiger partial charge in [-0.25, -0.2) is 0 Å². The van der Waals surface area contributed by atoms with E-state index in [-0.39, 0.29) is 18.5 Å². The van der Waals surface area contributed by atoms with Crippen molar-refractivity contribution in [1.82, 2.24) is 0 Å². The molecule has 3 nitrogen and oxygen atoms in total. The molecule has 1 N–H and O–H groups in total. The van der Waals surface area contributed by atoms with Gasteiger partial charge in [-0.15, -0.1) is 0 Å². The van der Waals surface area contributed by atoms with Gasteiger partial charge in [-0.3, -0.25) is 4.79 Å². The topological polar surface area (TPSA) is 46.5 Å². The lowest BCUT2D eigenvalue weighted by molar-refractivity contribution is 0.0574. The lowest BCUT2D eigenvalue weighted by Crippen LogP contribution is -2.37. The number of hydrogen-bond donors (Lipinski definition) is 1. The van der Waals surface area contributed by atoms with Crippen LogP contribution in [0.5, 0.6) is 0 Å². The van der Waals surface area contributed by atoms with E-state index in [1.165, 1.54) is 0 Å². The largest absolute Gasteiger partial charge is 0.395 e. The van der Waals surface area contributed by atoms with Crippen molar-refractivity contribution >= 4 is 5.78 Å². The summed E-state index contributed by atoms with van der Waals surface area (Å²) >= 11 is 0. The van der Waals surface area contributed by atoms with E-state index >= 15 is 0 Å². The minimum Gasteiger partial charge on any atom is -0.395 e. The number of ether oxygens (including phenoxy) is 1. The highest BCUT2D eigenvalue weighted by atomic mass is 16.5. The molecular formula is C12H12O3. The summed E-state index contributed by atoms with van der Waals surface area (Å²) in [5.41, 5.74) is 1.03. The van der Waals surface area contributed by atoms with Gasteiger partial charge in [-0.05, 0) is 12.0 Å². The van der Waals surface area contributed by atoms with E-state index in [0.29, 0.717) is 13.0 Å². The molecule has 1 aliphatic carbocycles. The number of benzene rings is 1. The number of carbonyl (C=O) groups excluding carboxylic acids is 1. The Morgan fingerprint density at radius 2 is 2.27 bits per heavy atom. The molecule has 1 aromatic carbocycles. The Balaban J connectivity index is 2.19. The molecule has 1 fully saturated rings. The maximum absolute atomic E-state index is 12.2. The van der Waals surface area contributed by atoms with Crippen LogP contribution in [0.25, 0.3) is 0 Å². The van der Waals surface area contributed by atoms with Crippen molar-refractivity contribution in [3.63, 3.8) is 0 Å². The Labute approximate surface area is 87.7 Å². The number of carbonyl (C=O) groups is 1. The molecule has 1 saturated heterocycles. The van der Waals surface area contributed by atoms with Crippen LogP contribution in [0.4, 0.5) is 0 Å². The molecule has 2 bridgehead atoms. The van der Waals surface area contributed by atoms with Crippen molar-refractivity contribution in [2.75, 3.05) is 13.2 Å². The van der Waals surface area contributed by atoms with Crippen LogP contribution in [0.2, 0.25) is 0 Å². The van der Waals surface area contributed by atoms with Crippen LogP contribution in [0.3, 0.4) is 0 Å². The highest BCUT2D eigenvalue weighted by molar-refractivity contribution is 6.03. The van der Waals surface area contributed by atoms with Gasteiger partial charge < -0.3 is 9.84 Å². The Bertz CT molecular complexity index is 427. The molecule has 3 rings (SSSR count). The summed E-state index contributed by atoms with van der Waals surface area (Å²) in [6.45, 7) is 0.234. The second-order valence-corrected chi connectivity index (χ2v) is 4.36. The lowest BCUT2D eigenvalue weighted by atomic mass is 9.72. The first-order valence-electron chi connectivity index (χ1n) is 5.13. The van der Waals surface area contributed by atoms with E-state index in [1.807, 2.05) is 24.3 Å². The van der Waals surface area contributed by atoms with Crippen LogP contribution < -0.4 is 0 Å². The fourth-order valence-corrected chi connectivity index (χ4v) is 2.54. The zero-order valence-electron chi connectivity index (χ0n) is 8.27. The third kappa shape index (κ3) is 1.05. The van der Waals surface area contributed by atoms with Gasteiger partial charge in [0.2, 0.25) is 0 Å². The SMILES string of the molecule is O=C1c2ccccc2[C@H]2C[C@]1(CO)CO2. The fraction of sp³-hybridized carbons (Fsp3) is 0.417. The molecule has 2 atom stereocenters. The quantitative estimate of drug-likeness (QED) is 0.750. The molecule has 0 spiro atoms. The van der Waals surface area contributed by atoms with E-state index in [4.69, 9.17) is 4.74 Å². The predicted octanol–water partition coefficient (Wildman–Crippen LogP) is 1.32. The van der Waals surface area contributed by atoms with Gasteiger partial charge in [0.05, 0.1) is 24.7 Å². The molecule has 0 unspecified atom stereocenters. The summed E-state index contributed by atoms with van der Waals surface area (Å²) in [6.07, 6.45) is 0.616. The number of fused-ring (bicyclic) bond motifs is 4. The number of ketones is 1. The molecule has 1 aromatic rings. The molecule has 0 saturated carbocycles. The van der Waals surface area contributed by atoms with Gasteiger partial charge in [0, 0.05) is 5.56 Å². The van der Waals surface area contributed by atoms with Gasteiger partial charge in [0.1, 0.15) is 0 Å². The summed E-state index contributed by atoms with van der Waals surface area (Å²) in [4.78, 5) is 12.2. The van der Waals surface area contributed by atoms with Crippen LogP contribution in [-0.2, 0) is 4.74 Å². The second kappa shape index (κ2) is 2.90. The van der Waals surface area contributed by atoms with E-state index in [9.17, 15) is 9.90 Å². The number of rotatable bonds is 1. The maximum Gasteiger partial charge on any atom is 0.174 e. The van der Waals surface area contributed by atoms with E-state index < -0.39 is 5.41 Å². The van der Waals surface area contributed by atoms with Crippen LogP contribution in [0.1, 0.15) is 28.4 Å². The minimum absolute atomic E-state index is 0.00829. The smallest absolute Gasteiger partial charge is 0.174 e. The Morgan fingerprint density at radius 1 is 1.47 bits per heavy atom. The lowest BCUT2D eigenvalue weighted by Gasteiger charge is -2.28. The predicted molar refractivity (Wildman–Crippen MR) is 53.6 cm³/mol. The molecule has 15 heavy (non-hydrogen) atoms. The molecule has 0 aromatic heterocycles. The molecular weight excluding hydrogens is 192 g/mol. The highest BCUT2D eigenvalue weighted by Gasteiger charge is 2.51. The zero-order chi connectivity index (χ0) is 10.5. The third-order valence-electron chi connectivity index (χ3n) is 3.47.